The molecule has 6 heteroatoms. The van der Waals surface area contributed by atoms with Crippen LogP contribution in [0, 0.1) is 0 Å². The van der Waals surface area contributed by atoms with Crippen molar-refractivity contribution in [2.45, 2.75) is 55.7 Å². The lowest BCUT2D eigenvalue weighted by Gasteiger charge is -2.37. The van der Waals surface area contributed by atoms with Crippen LogP contribution in [-0.2, 0) is 14.8 Å². The quantitative estimate of drug-likeness (QED) is 0.808. The van der Waals surface area contributed by atoms with Crippen molar-refractivity contribution in [2.24, 2.45) is 0 Å². The lowest BCUT2D eigenvalue weighted by Crippen LogP contribution is -2.54. The van der Waals surface area contributed by atoms with Gasteiger partial charge in [-0.1, -0.05) is 19.3 Å². The number of hydrogen-bond acceptors (Lipinski definition) is 3. The molecule has 1 aliphatic heterocycles. The summed E-state index contributed by atoms with van der Waals surface area (Å²) >= 11 is 6.03. The molecule has 0 radical (unpaired) electrons. The Bertz CT molecular complexity index is 360. The van der Waals surface area contributed by atoms with E-state index in [-0.39, 0.29) is 5.25 Å². The summed E-state index contributed by atoms with van der Waals surface area (Å²) < 4.78 is 32.9. The molecule has 1 N–H and O–H groups in total. The van der Waals surface area contributed by atoms with E-state index in [4.69, 9.17) is 16.3 Å². The normalized spacial score (nSPS) is 26.1. The maximum Gasteiger partial charge on any atom is 0.215 e. The van der Waals surface area contributed by atoms with E-state index in [2.05, 4.69) is 4.72 Å². The molecular weight excluding hydrogens is 274 g/mol. The van der Waals surface area contributed by atoms with Crippen LogP contribution >= 0.6 is 11.6 Å². The van der Waals surface area contributed by atoms with E-state index in [0.29, 0.717) is 31.9 Å². The van der Waals surface area contributed by atoms with E-state index in [0.717, 1.165) is 25.7 Å². The van der Waals surface area contributed by atoms with Crippen LogP contribution in [0.2, 0.25) is 0 Å². The molecule has 0 unspecified atom stereocenters. The Labute approximate surface area is 114 Å². The fraction of sp³-hybridized carbons (Fsp3) is 1.00. The fourth-order valence-corrected chi connectivity index (χ4v) is 5.14. The predicted molar refractivity (Wildman–Crippen MR) is 72.4 cm³/mol. The third-order valence-corrected chi connectivity index (χ3v) is 6.61. The maximum atomic E-state index is 12.4. The highest BCUT2D eigenvalue weighted by Crippen LogP contribution is 2.31. The van der Waals surface area contributed by atoms with Crippen molar-refractivity contribution in [1.29, 1.82) is 0 Å². The SMILES string of the molecule is O=S(=O)(NC1(CCl)CCCCC1)C1CCOCC1. The van der Waals surface area contributed by atoms with Crippen LogP contribution in [0.4, 0.5) is 0 Å². The molecule has 1 saturated carbocycles. The molecule has 2 rings (SSSR count). The average molecular weight is 296 g/mol. The van der Waals surface area contributed by atoms with Crippen molar-refractivity contribution >= 4 is 21.6 Å². The summed E-state index contributed by atoms with van der Waals surface area (Å²) in [4.78, 5) is 0. The van der Waals surface area contributed by atoms with Gasteiger partial charge in [-0.05, 0) is 25.7 Å². The Kier molecular flexibility index (Phi) is 4.92. The zero-order chi connectivity index (χ0) is 13.1. The van der Waals surface area contributed by atoms with Crippen molar-refractivity contribution in [3.63, 3.8) is 0 Å². The van der Waals surface area contributed by atoms with Gasteiger partial charge in [-0.15, -0.1) is 11.6 Å². The summed E-state index contributed by atoms with van der Waals surface area (Å²) in [6.07, 6.45) is 6.20. The van der Waals surface area contributed by atoms with Crippen LogP contribution in [0.25, 0.3) is 0 Å². The Hall–Kier alpha value is 0.160. The first-order valence-electron chi connectivity index (χ1n) is 6.74. The standard InChI is InChI=1S/C12H22ClNO3S/c13-10-12(6-2-1-3-7-12)14-18(15,16)11-4-8-17-9-5-11/h11,14H,1-10H2. The van der Waals surface area contributed by atoms with Crippen LogP contribution in [0.5, 0.6) is 0 Å². The Morgan fingerprint density at radius 2 is 1.78 bits per heavy atom. The smallest absolute Gasteiger partial charge is 0.215 e. The minimum absolute atomic E-state index is 0.312. The molecule has 0 amide bonds. The van der Waals surface area contributed by atoms with Crippen molar-refractivity contribution in [3.8, 4) is 0 Å². The number of rotatable bonds is 4. The zero-order valence-corrected chi connectivity index (χ0v) is 12.2. The highest BCUT2D eigenvalue weighted by atomic mass is 35.5. The van der Waals surface area contributed by atoms with Gasteiger partial charge in [0.15, 0.2) is 0 Å². The highest BCUT2D eigenvalue weighted by Gasteiger charge is 2.38. The van der Waals surface area contributed by atoms with Crippen LogP contribution in [0.1, 0.15) is 44.9 Å². The van der Waals surface area contributed by atoms with Crippen molar-refractivity contribution in [2.75, 3.05) is 19.1 Å². The zero-order valence-electron chi connectivity index (χ0n) is 10.7. The molecule has 1 heterocycles. The molecule has 0 spiro atoms. The van der Waals surface area contributed by atoms with E-state index in [1.165, 1.54) is 6.42 Å². The molecule has 106 valence electrons. The van der Waals surface area contributed by atoms with Gasteiger partial charge in [-0.25, -0.2) is 13.1 Å². The average Bonchev–Trinajstić information content (AvgIpc) is 2.40. The largest absolute Gasteiger partial charge is 0.381 e. The van der Waals surface area contributed by atoms with E-state index in [9.17, 15) is 8.42 Å². The topological polar surface area (TPSA) is 55.4 Å². The predicted octanol–water partition coefficient (Wildman–Crippen LogP) is 2.03. The van der Waals surface area contributed by atoms with E-state index < -0.39 is 15.6 Å². The minimum Gasteiger partial charge on any atom is -0.381 e. The molecule has 0 aromatic heterocycles. The minimum atomic E-state index is -3.27. The summed E-state index contributed by atoms with van der Waals surface area (Å²) in [5.74, 6) is 0.370. The van der Waals surface area contributed by atoms with Gasteiger partial charge < -0.3 is 4.74 Å². The van der Waals surface area contributed by atoms with Gasteiger partial charge in [-0.2, -0.15) is 0 Å². The molecule has 0 aromatic rings. The van der Waals surface area contributed by atoms with Crippen LogP contribution in [0.15, 0.2) is 0 Å². The van der Waals surface area contributed by atoms with Gasteiger partial charge in [-0.3, -0.25) is 0 Å². The lowest BCUT2D eigenvalue weighted by atomic mass is 9.84. The third-order valence-electron chi connectivity index (χ3n) is 4.03. The van der Waals surface area contributed by atoms with Gasteiger partial charge in [0.1, 0.15) is 0 Å². The third kappa shape index (κ3) is 3.38. The number of sulfonamides is 1. The Morgan fingerprint density at radius 1 is 1.17 bits per heavy atom. The molecule has 0 bridgehead atoms. The molecule has 18 heavy (non-hydrogen) atoms. The summed E-state index contributed by atoms with van der Waals surface area (Å²) in [5, 5.41) is -0.312. The van der Waals surface area contributed by atoms with Crippen LogP contribution < -0.4 is 4.72 Å². The number of alkyl halides is 1. The highest BCUT2D eigenvalue weighted by molar-refractivity contribution is 7.90. The molecule has 0 atom stereocenters. The maximum absolute atomic E-state index is 12.4. The second kappa shape index (κ2) is 6.07. The van der Waals surface area contributed by atoms with Gasteiger partial charge >= 0.3 is 0 Å². The summed E-state index contributed by atoms with van der Waals surface area (Å²) in [6, 6.07) is 0. The van der Waals surface area contributed by atoms with Crippen molar-refractivity contribution in [1.82, 2.24) is 4.72 Å². The number of halogens is 1. The van der Waals surface area contributed by atoms with Gasteiger partial charge in [0.2, 0.25) is 10.0 Å². The Balaban J connectivity index is 2.05. The lowest BCUT2D eigenvalue weighted by molar-refractivity contribution is 0.0978. The van der Waals surface area contributed by atoms with Crippen molar-refractivity contribution in [3.05, 3.63) is 0 Å². The Morgan fingerprint density at radius 3 is 2.33 bits per heavy atom. The molecule has 2 aliphatic rings. The van der Waals surface area contributed by atoms with Gasteiger partial charge in [0.05, 0.1) is 5.25 Å². The molecule has 1 aliphatic carbocycles. The second-order valence-electron chi connectivity index (χ2n) is 5.43. The summed E-state index contributed by atoms with van der Waals surface area (Å²) in [5.41, 5.74) is -0.406. The first-order chi connectivity index (χ1) is 8.58. The fourth-order valence-electron chi connectivity index (χ4n) is 2.86. The van der Waals surface area contributed by atoms with Crippen molar-refractivity contribution < 1.29 is 13.2 Å². The monoisotopic (exact) mass is 295 g/mol. The number of hydrogen-bond donors (Lipinski definition) is 1. The molecule has 4 nitrogen and oxygen atoms in total. The van der Waals surface area contributed by atoms with E-state index in [1.54, 1.807) is 0 Å². The summed E-state index contributed by atoms with van der Waals surface area (Å²) in [6.45, 7) is 1.08. The van der Waals surface area contributed by atoms with Gasteiger partial charge in [0.25, 0.3) is 0 Å². The first kappa shape index (κ1) is 14.6. The van der Waals surface area contributed by atoms with Gasteiger partial charge in [0, 0.05) is 24.6 Å². The molecule has 0 aromatic carbocycles. The molecule has 2 fully saturated rings. The first-order valence-corrected chi connectivity index (χ1v) is 8.83. The summed E-state index contributed by atoms with van der Waals surface area (Å²) in [7, 11) is -3.27. The van der Waals surface area contributed by atoms with Crippen LogP contribution in [-0.4, -0.2) is 38.3 Å². The van der Waals surface area contributed by atoms with E-state index >= 15 is 0 Å². The molecule has 1 saturated heterocycles. The second-order valence-corrected chi connectivity index (χ2v) is 7.66. The van der Waals surface area contributed by atoms with E-state index in [1.807, 2.05) is 0 Å². The number of ether oxygens (including phenoxy) is 1. The number of nitrogens with one attached hydrogen (secondary N) is 1. The molecular formula is C12H22ClNO3S. The van der Waals surface area contributed by atoms with Crippen LogP contribution in [0.3, 0.4) is 0 Å².